The SMILES string of the molecule is CCCNC(=O)C(C)Oc1ccc([N+](=O)[O-])c(F)c1. The highest BCUT2D eigenvalue weighted by atomic mass is 19.1. The highest BCUT2D eigenvalue weighted by Gasteiger charge is 2.18. The van der Waals surface area contributed by atoms with Crippen molar-refractivity contribution in [3.05, 3.63) is 34.1 Å². The minimum absolute atomic E-state index is 0.0715. The van der Waals surface area contributed by atoms with Gasteiger partial charge in [0.25, 0.3) is 5.91 Å². The van der Waals surface area contributed by atoms with Crippen molar-refractivity contribution in [2.24, 2.45) is 0 Å². The first-order valence-electron chi connectivity index (χ1n) is 5.84. The molecule has 6 nitrogen and oxygen atoms in total. The Morgan fingerprint density at radius 2 is 2.26 bits per heavy atom. The highest BCUT2D eigenvalue weighted by molar-refractivity contribution is 5.80. The Bertz CT molecular complexity index is 479. The molecule has 1 unspecified atom stereocenters. The predicted octanol–water partition coefficient (Wildman–Crippen LogP) is 2.03. The zero-order valence-corrected chi connectivity index (χ0v) is 10.7. The standard InChI is InChI=1S/C12H15FN2O4/c1-3-6-14-12(16)8(2)19-9-4-5-11(15(17)18)10(13)7-9/h4-5,7-8H,3,6H2,1-2H3,(H,14,16). The number of halogens is 1. The zero-order chi connectivity index (χ0) is 14.4. The summed E-state index contributed by atoms with van der Waals surface area (Å²) >= 11 is 0. The number of ether oxygens (including phenoxy) is 1. The van der Waals surface area contributed by atoms with Crippen LogP contribution in [0.15, 0.2) is 18.2 Å². The van der Waals surface area contributed by atoms with E-state index in [9.17, 15) is 19.3 Å². The molecule has 19 heavy (non-hydrogen) atoms. The summed E-state index contributed by atoms with van der Waals surface area (Å²) in [6.07, 6.45) is -0.00245. The quantitative estimate of drug-likeness (QED) is 0.633. The third-order valence-corrected chi connectivity index (χ3v) is 2.35. The van der Waals surface area contributed by atoms with Crippen LogP contribution in [-0.2, 0) is 4.79 Å². The summed E-state index contributed by atoms with van der Waals surface area (Å²) in [7, 11) is 0. The lowest BCUT2D eigenvalue weighted by Crippen LogP contribution is -2.36. The van der Waals surface area contributed by atoms with E-state index in [0.29, 0.717) is 6.54 Å². The van der Waals surface area contributed by atoms with E-state index in [2.05, 4.69) is 5.32 Å². The Balaban J connectivity index is 2.69. The molecule has 1 rings (SSSR count). The smallest absolute Gasteiger partial charge is 0.305 e. The summed E-state index contributed by atoms with van der Waals surface area (Å²) in [4.78, 5) is 21.1. The number of nitrogens with zero attached hydrogens (tertiary/aromatic N) is 1. The maximum atomic E-state index is 13.3. The molecule has 7 heteroatoms. The first kappa shape index (κ1) is 14.9. The molecule has 0 fully saturated rings. The molecule has 1 amide bonds. The molecule has 0 aromatic heterocycles. The molecule has 0 saturated heterocycles. The lowest BCUT2D eigenvalue weighted by atomic mass is 10.3. The van der Waals surface area contributed by atoms with E-state index in [1.54, 1.807) is 0 Å². The largest absolute Gasteiger partial charge is 0.481 e. The number of nitro groups is 1. The van der Waals surface area contributed by atoms with Crippen LogP contribution in [0.1, 0.15) is 20.3 Å². The van der Waals surface area contributed by atoms with Gasteiger partial charge in [0.15, 0.2) is 6.10 Å². The summed E-state index contributed by atoms with van der Waals surface area (Å²) in [6, 6.07) is 3.15. The fraction of sp³-hybridized carbons (Fsp3) is 0.417. The van der Waals surface area contributed by atoms with Gasteiger partial charge in [-0.3, -0.25) is 14.9 Å². The van der Waals surface area contributed by atoms with Gasteiger partial charge in [0.1, 0.15) is 5.75 Å². The van der Waals surface area contributed by atoms with Gasteiger partial charge >= 0.3 is 5.69 Å². The maximum absolute atomic E-state index is 13.3. The molecular weight excluding hydrogens is 255 g/mol. The number of nitrogens with one attached hydrogen (secondary N) is 1. The van der Waals surface area contributed by atoms with Crippen molar-refractivity contribution in [1.82, 2.24) is 5.32 Å². The number of amides is 1. The van der Waals surface area contributed by atoms with E-state index in [4.69, 9.17) is 4.74 Å². The summed E-state index contributed by atoms with van der Waals surface area (Å²) in [6.45, 7) is 3.96. The van der Waals surface area contributed by atoms with Crippen LogP contribution in [0.2, 0.25) is 0 Å². The number of nitro benzene ring substituents is 1. The van der Waals surface area contributed by atoms with Crippen molar-refractivity contribution in [2.45, 2.75) is 26.4 Å². The van der Waals surface area contributed by atoms with Crippen molar-refractivity contribution >= 4 is 11.6 Å². The first-order valence-corrected chi connectivity index (χ1v) is 5.84. The molecule has 104 valence electrons. The Kier molecular flexibility index (Phi) is 5.23. The molecule has 0 bridgehead atoms. The molecule has 1 aromatic carbocycles. The monoisotopic (exact) mass is 270 g/mol. The molecule has 0 saturated carbocycles. The maximum Gasteiger partial charge on any atom is 0.305 e. The normalized spacial score (nSPS) is 11.7. The lowest BCUT2D eigenvalue weighted by molar-refractivity contribution is -0.387. The molecule has 0 radical (unpaired) electrons. The highest BCUT2D eigenvalue weighted by Crippen LogP contribution is 2.22. The molecule has 0 aliphatic heterocycles. The van der Waals surface area contributed by atoms with E-state index in [1.807, 2.05) is 6.92 Å². The van der Waals surface area contributed by atoms with Gasteiger partial charge < -0.3 is 10.1 Å². The fourth-order valence-corrected chi connectivity index (χ4v) is 1.36. The van der Waals surface area contributed by atoms with E-state index >= 15 is 0 Å². The Hall–Kier alpha value is -2.18. The lowest BCUT2D eigenvalue weighted by Gasteiger charge is -2.14. The molecule has 0 heterocycles. The minimum Gasteiger partial charge on any atom is -0.481 e. The van der Waals surface area contributed by atoms with Crippen molar-refractivity contribution in [2.75, 3.05) is 6.54 Å². The Morgan fingerprint density at radius 1 is 1.58 bits per heavy atom. The third kappa shape index (κ3) is 4.20. The number of benzene rings is 1. The molecule has 0 spiro atoms. The molecule has 1 N–H and O–H groups in total. The van der Waals surface area contributed by atoms with Crippen molar-refractivity contribution in [1.29, 1.82) is 0 Å². The Labute approximate surface area is 109 Å². The fourth-order valence-electron chi connectivity index (χ4n) is 1.36. The van der Waals surface area contributed by atoms with Crippen LogP contribution in [0.4, 0.5) is 10.1 Å². The summed E-state index contributed by atoms with van der Waals surface area (Å²) in [5, 5.41) is 13.1. The van der Waals surface area contributed by atoms with Crippen LogP contribution in [0.25, 0.3) is 0 Å². The van der Waals surface area contributed by atoms with Gasteiger partial charge in [-0.1, -0.05) is 6.92 Å². The van der Waals surface area contributed by atoms with Gasteiger partial charge in [0.2, 0.25) is 5.82 Å². The van der Waals surface area contributed by atoms with Crippen LogP contribution >= 0.6 is 0 Å². The van der Waals surface area contributed by atoms with Gasteiger partial charge in [-0.15, -0.1) is 0 Å². The predicted molar refractivity (Wildman–Crippen MR) is 66.4 cm³/mol. The number of rotatable bonds is 6. The van der Waals surface area contributed by atoms with Crippen molar-refractivity contribution in [3.63, 3.8) is 0 Å². The van der Waals surface area contributed by atoms with Crippen LogP contribution < -0.4 is 10.1 Å². The Morgan fingerprint density at radius 3 is 2.79 bits per heavy atom. The van der Waals surface area contributed by atoms with Crippen molar-refractivity contribution in [3.8, 4) is 5.75 Å². The van der Waals surface area contributed by atoms with Crippen molar-refractivity contribution < 1.29 is 18.8 Å². The van der Waals surface area contributed by atoms with E-state index in [0.717, 1.165) is 18.6 Å². The number of hydrogen-bond donors (Lipinski definition) is 1. The number of carbonyl (C=O) groups is 1. The molecule has 0 aliphatic rings. The van der Waals surface area contributed by atoms with E-state index in [1.165, 1.54) is 13.0 Å². The average Bonchev–Trinajstić information content (AvgIpc) is 2.35. The average molecular weight is 270 g/mol. The first-order chi connectivity index (χ1) is 8.95. The second kappa shape index (κ2) is 6.67. The van der Waals surface area contributed by atoms with E-state index < -0.39 is 22.5 Å². The summed E-state index contributed by atoms with van der Waals surface area (Å²) in [5.74, 6) is -1.24. The van der Waals surface area contributed by atoms with Crippen LogP contribution in [0.5, 0.6) is 5.75 Å². The van der Waals surface area contributed by atoms with Crippen LogP contribution in [-0.4, -0.2) is 23.5 Å². The summed E-state index contributed by atoms with van der Waals surface area (Å²) in [5.41, 5.74) is -0.629. The second-order valence-corrected chi connectivity index (χ2v) is 3.92. The van der Waals surface area contributed by atoms with Gasteiger partial charge in [-0.05, 0) is 19.4 Å². The molecule has 1 atom stereocenters. The van der Waals surface area contributed by atoms with Gasteiger partial charge in [0, 0.05) is 18.7 Å². The number of carbonyl (C=O) groups excluding carboxylic acids is 1. The number of hydrogen-bond acceptors (Lipinski definition) is 4. The molecular formula is C12H15FN2O4. The van der Waals surface area contributed by atoms with Crippen LogP contribution in [0.3, 0.4) is 0 Å². The van der Waals surface area contributed by atoms with Gasteiger partial charge in [-0.25, -0.2) is 0 Å². The van der Waals surface area contributed by atoms with E-state index in [-0.39, 0.29) is 11.7 Å². The summed E-state index contributed by atoms with van der Waals surface area (Å²) < 4.78 is 18.5. The van der Waals surface area contributed by atoms with Crippen LogP contribution in [0, 0.1) is 15.9 Å². The zero-order valence-electron chi connectivity index (χ0n) is 10.7. The second-order valence-electron chi connectivity index (χ2n) is 3.92. The topological polar surface area (TPSA) is 81.5 Å². The minimum atomic E-state index is -0.997. The molecule has 0 aliphatic carbocycles. The van der Waals surface area contributed by atoms with Gasteiger partial charge in [-0.2, -0.15) is 4.39 Å². The third-order valence-electron chi connectivity index (χ3n) is 2.35. The molecule has 1 aromatic rings. The van der Waals surface area contributed by atoms with Gasteiger partial charge in [0.05, 0.1) is 4.92 Å².